The summed E-state index contributed by atoms with van der Waals surface area (Å²) in [4.78, 5) is 32.1. The van der Waals surface area contributed by atoms with Gasteiger partial charge in [0, 0.05) is 45.0 Å². The summed E-state index contributed by atoms with van der Waals surface area (Å²) in [5.41, 5.74) is 2.36. The highest BCUT2D eigenvalue weighted by atomic mass is 32.2. The fourth-order valence-electron chi connectivity index (χ4n) is 4.51. The highest BCUT2D eigenvalue weighted by Crippen LogP contribution is 2.22. The smallest absolute Gasteiger partial charge is 0.243 e. The van der Waals surface area contributed by atoms with Gasteiger partial charge in [-0.1, -0.05) is 30.3 Å². The van der Waals surface area contributed by atoms with Gasteiger partial charge >= 0.3 is 0 Å². The monoisotopic (exact) mass is 552 g/mol. The van der Waals surface area contributed by atoms with Crippen LogP contribution in [0.4, 0.5) is 4.39 Å². The molecule has 3 aromatic rings. The summed E-state index contributed by atoms with van der Waals surface area (Å²) in [6, 6.07) is 15.3. The Balaban J connectivity index is 1.42. The van der Waals surface area contributed by atoms with Crippen LogP contribution < -0.4 is 5.32 Å². The minimum atomic E-state index is -3.50. The van der Waals surface area contributed by atoms with Gasteiger partial charge in [-0.05, 0) is 73.2 Å². The van der Waals surface area contributed by atoms with E-state index < -0.39 is 16.1 Å². The third-order valence-corrected chi connectivity index (χ3v) is 8.79. The quantitative estimate of drug-likeness (QED) is 0.391. The number of sulfonamides is 1. The number of aryl methyl sites for hydroxylation is 1. The zero-order valence-electron chi connectivity index (χ0n) is 21.9. The van der Waals surface area contributed by atoms with E-state index in [1.165, 1.54) is 21.3 Å². The summed E-state index contributed by atoms with van der Waals surface area (Å²) in [5.74, 6) is -0.933. The Hall–Kier alpha value is -3.63. The number of carbonyl (C=O) groups is 2. The first-order valence-corrected chi connectivity index (χ1v) is 14.5. The first kappa shape index (κ1) is 28.4. The summed E-state index contributed by atoms with van der Waals surface area (Å²) >= 11 is 0. The van der Waals surface area contributed by atoms with Crippen LogP contribution in [0.1, 0.15) is 42.9 Å². The molecule has 0 bridgehead atoms. The number of hydrogen-bond acceptors (Lipinski definition) is 5. The number of nitrogens with one attached hydrogen (secondary N) is 1. The molecule has 1 aromatic heterocycles. The summed E-state index contributed by atoms with van der Waals surface area (Å²) in [6.07, 6.45) is 5.55. The van der Waals surface area contributed by atoms with Gasteiger partial charge in [-0.2, -0.15) is 4.31 Å². The van der Waals surface area contributed by atoms with Crippen molar-refractivity contribution < 1.29 is 22.4 Å². The van der Waals surface area contributed by atoms with E-state index in [1.54, 1.807) is 61.8 Å². The largest absolute Gasteiger partial charge is 0.350 e. The molecule has 1 unspecified atom stereocenters. The fraction of sp³-hybridized carbons (Fsp3) is 0.345. The van der Waals surface area contributed by atoms with Crippen molar-refractivity contribution in [1.29, 1.82) is 0 Å². The van der Waals surface area contributed by atoms with Gasteiger partial charge in [0.05, 0.1) is 4.90 Å². The Bertz CT molecular complexity index is 1360. The predicted octanol–water partition coefficient (Wildman–Crippen LogP) is 3.67. The summed E-state index contributed by atoms with van der Waals surface area (Å²) in [6.45, 7) is 3.17. The number of pyridine rings is 1. The van der Waals surface area contributed by atoms with Crippen molar-refractivity contribution in [2.24, 2.45) is 0 Å². The molecule has 206 valence electrons. The lowest BCUT2D eigenvalue weighted by Crippen LogP contribution is -2.47. The second-order valence-electron chi connectivity index (χ2n) is 9.66. The van der Waals surface area contributed by atoms with Crippen LogP contribution in [0.5, 0.6) is 0 Å². The van der Waals surface area contributed by atoms with Crippen LogP contribution in [0, 0.1) is 5.82 Å². The third kappa shape index (κ3) is 7.48. The maximum absolute atomic E-state index is 13.4. The fourth-order valence-corrected chi connectivity index (χ4v) is 6.03. The lowest BCUT2D eigenvalue weighted by molar-refractivity contribution is -0.140. The standard InChI is InChI=1S/C29H33FN4O4S/c1-22(29(36)32-20-25-5-4-16-31-19-25)34(21-24-6-11-26(30)12-7-24)28(35)15-10-23-8-13-27(14-9-23)39(37,38)33-17-2-3-18-33/h4-9,11-14,16,19,22H,2-3,10,15,17-18,20-21H2,1H3,(H,32,36). The molecule has 1 saturated heterocycles. The summed E-state index contributed by atoms with van der Waals surface area (Å²) in [7, 11) is -3.50. The predicted molar refractivity (Wildman–Crippen MR) is 145 cm³/mol. The van der Waals surface area contributed by atoms with Crippen LogP contribution >= 0.6 is 0 Å². The van der Waals surface area contributed by atoms with Crippen molar-refractivity contribution in [2.75, 3.05) is 13.1 Å². The highest BCUT2D eigenvalue weighted by molar-refractivity contribution is 7.89. The molecule has 39 heavy (non-hydrogen) atoms. The second-order valence-corrected chi connectivity index (χ2v) is 11.6. The molecule has 2 heterocycles. The zero-order valence-corrected chi connectivity index (χ0v) is 22.7. The van der Waals surface area contributed by atoms with E-state index in [9.17, 15) is 22.4 Å². The van der Waals surface area contributed by atoms with E-state index in [-0.39, 0.29) is 42.0 Å². The molecule has 10 heteroatoms. The highest BCUT2D eigenvalue weighted by Gasteiger charge is 2.28. The number of aromatic nitrogens is 1. The molecule has 0 spiro atoms. The van der Waals surface area contributed by atoms with Gasteiger partial charge in [0.15, 0.2) is 0 Å². The molecule has 2 aromatic carbocycles. The van der Waals surface area contributed by atoms with Crippen molar-refractivity contribution >= 4 is 21.8 Å². The number of amides is 2. The molecule has 1 atom stereocenters. The number of carbonyl (C=O) groups excluding carboxylic acids is 2. The van der Waals surface area contributed by atoms with Gasteiger partial charge in [-0.15, -0.1) is 0 Å². The first-order valence-electron chi connectivity index (χ1n) is 13.0. The normalized spacial score (nSPS) is 14.6. The van der Waals surface area contributed by atoms with Crippen molar-refractivity contribution in [3.8, 4) is 0 Å². The van der Waals surface area contributed by atoms with E-state index in [1.807, 2.05) is 6.07 Å². The Kier molecular flexibility index (Phi) is 9.42. The number of halogens is 1. The summed E-state index contributed by atoms with van der Waals surface area (Å²) < 4.78 is 40.5. The number of hydrogen-bond donors (Lipinski definition) is 1. The van der Waals surface area contributed by atoms with Crippen LogP contribution in [0.2, 0.25) is 0 Å². The maximum atomic E-state index is 13.4. The Morgan fingerprint density at radius 1 is 1.00 bits per heavy atom. The molecule has 1 aliphatic heterocycles. The van der Waals surface area contributed by atoms with E-state index in [0.29, 0.717) is 25.1 Å². The van der Waals surface area contributed by atoms with Gasteiger partial charge in [0.2, 0.25) is 21.8 Å². The molecule has 0 radical (unpaired) electrons. The molecule has 0 saturated carbocycles. The summed E-state index contributed by atoms with van der Waals surface area (Å²) in [5, 5.41) is 2.85. The van der Waals surface area contributed by atoms with Gasteiger partial charge in [-0.25, -0.2) is 12.8 Å². The Labute approximate surface area is 228 Å². The first-order chi connectivity index (χ1) is 18.7. The molecule has 8 nitrogen and oxygen atoms in total. The number of nitrogens with zero attached hydrogens (tertiary/aromatic N) is 3. The minimum absolute atomic E-state index is 0.125. The Morgan fingerprint density at radius 3 is 2.31 bits per heavy atom. The van der Waals surface area contributed by atoms with Gasteiger partial charge in [0.25, 0.3) is 0 Å². The van der Waals surface area contributed by atoms with Crippen molar-refractivity contribution in [3.05, 3.63) is 95.6 Å². The third-order valence-electron chi connectivity index (χ3n) is 6.88. The van der Waals surface area contributed by atoms with Crippen molar-refractivity contribution in [2.45, 2.75) is 56.6 Å². The molecule has 4 rings (SSSR count). The molecular weight excluding hydrogens is 519 g/mol. The van der Waals surface area contributed by atoms with Gasteiger partial charge in [-0.3, -0.25) is 14.6 Å². The molecule has 1 N–H and O–H groups in total. The SMILES string of the molecule is CC(C(=O)NCc1cccnc1)N(Cc1ccc(F)cc1)C(=O)CCc1ccc(S(=O)(=O)N2CCCC2)cc1. The molecule has 2 amide bonds. The van der Waals surface area contributed by atoms with Crippen LogP contribution in [0.15, 0.2) is 78.0 Å². The molecule has 1 fully saturated rings. The van der Waals surface area contributed by atoms with Gasteiger partial charge < -0.3 is 10.2 Å². The van der Waals surface area contributed by atoms with E-state index in [0.717, 1.165) is 24.0 Å². The molecule has 1 aliphatic rings. The number of benzene rings is 2. The second kappa shape index (κ2) is 12.9. The minimum Gasteiger partial charge on any atom is -0.350 e. The van der Waals surface area contributed by atoms with Crippen molar-refractivity contribution in [1.82, 2.24) is 19.5 Å². The van der Waals surface area contributed by atoms with E-state index in [2.05, 4.69) is 10.3 Å². The van der Waals surface area contributed by atoms with Crippen LogP contribution in [0.3, 0.4) is 0 Å². The van der Waals surface area contributed by atoms with Gasteiger partial charge in [0.1, 0.15) is 11.9 Å². The van der Waals surface area contributed by atoms with Crippen LogP contribution in [-0.2, 0) is 39.1 Å². The molecule has 0 aliphatic carbocycles. The lowest BCUT2D eigenvalue weighted by Gasteiger charge is -2.29. The van der Waals surface area contributed by atoms with Crippen LogP contribution in [0.25, 0.3) is 0 Å². The average Bonchev–Trinajstić information content (AvgIpc) is 3.51. The maximum Gasteiger partial charge on any atom is 0.243 e. The van der Waals surface area contributed by atoms with Crippen LogP contribution in [-0.4, -0.2) is 53.6 Å². The van der Waals surface area contributed by atoms with E-state index >= 15 is 0 Å². The average molecular weight is 553 g/mol. The van der Waals surface area contributed by atoms with E-state index in [4.69, 9.17) is 0 Å². The van der Waals surface area contributed by atoms with Crippen molar-refractivity contribution in [3.63, 3.8) is 0 Å². The molecular formula is C29H33FN4O4S. The zero-order chi connectivity index (χ0) is 27.8. The topological polar surface area (TPSA) is 99.7 Å². The Morgan fingerprint density at radius 2 is 1.67 bits per heavy atom. The lowest BCUT2D eigenvalue weighted by atomic mass is 10.1. The number of rotatable bonds is 11.